The molecule has 0 unspecified atom stereocenters. The number of nitrogens with zero attached hydrogens (tertiary/aromatic N) is 4. The van der Waals surface area contributed by atoms with Crippen LogP contribution < -0.4 is 10.7 Å². The molecule has 4 rings (SSSR count). The molecule has 0 bridgehead atoms. The lowest BCUT2D eigenvalue weighted by Crippen LogP contribution is -2.23. The average Bonchev–Trinajstić information content (AvgIpc) is 3.27. The molecule has 0 atom stereocenters. The fourth-order valence-corrected chi connectivity index (χ4v) is 3.45. The second-order valence-electron chi connectivity index (χ2n) is 7.03. The van der Waals surface area contributed by atoms with Crippen molar-refractivity contribution in [2.45, 2.75) is 13.0 Å². The van der Waals surface area contributed by atoms with Gasteiger partial charge in [0.15, 0.2) is 0 Å². The summed E-state index contributed by atoms with van der Waals surface area (Å²) < 4.78 is 14.0. The molecule has 0 aliphatic carbocycles. The summed E-state index contributed by atoms with van der Waals surface area (Å²) >= 11 is 3.31. The van der Waals surface area contributed by atoms with Gasteiger partial charge in [0.25, 0.3) is 5.91 Å². The van der Waals surface area contributed by atoms with Crippen LogP contribution in [0, 0.1) is 5.82 Å². The van der Waals surface area contributed by atoms with Crippen molar-refractivity contribution in [1.82, 2.24) is 25.2 Å². The minimum absolute atomic E-state index is 0.222. The van der Waals surface area contributed by atoms with Gasteiger partial charge >= 0.3 is 0 Å². The normalized spacial score (nSPS) is 10.7. The molecule has 0 aliphatic heterocycles. The lowest BCUT2D eigenvalue weighted by Gasteiger charge is -2.06. The van der Waals surface area contributed by atoms with Crippen LogP contribution in [0.3, 0.4) is 0 Å². The number of hydrogen-bond donors (Lipinski definition) is 2. The second-order valence-corrected chi connectivity index (χ2v) is 7.84. The molecule has 32 heavy (non-hydrogen) atoms. The van der Waals surface area contributed by atoms with Crippen LogP contribution in [0.5, 0.6) is 0 Å². The van der Waals surface area contributed by atoms with Gasteiger partial charge in [-0.05, 0) is 64.3 Å². The zero-order valence-corrected chi connectivity index (χ0v) is 18.6. The number of carbonyl (C=O) groups excluding carboxylic acids is 1. The van der Waals surface area contributed by atoms with Gasteiger partial charge in [-0.3, -0.25) is 9.78 Å². The monoisotopic (exact) mass is 494 g/mol. The first kappa shape index (κ1) is 21.6. The minimum Gasteiger partial charge on any atom is -0.346 e. The summed E-state index contributed by atoms with van der Waals surface area (Å²) in [6, 6.07) is 15.6. The largest absolute Gasteiger partial charge is 0.346 e. The van der Waals surface area contributed by atoms with Crippen molar-refractivity contribution in [2.24, 2.45) is 0 Å². The summed E-state index contributed by atoms with van der Waals surface area (Å²) in [6.07, 6.45) is 5.71. The molecule has 0 saturated heterocycles. The maximum absolute atomic E-state index is 13.2. The van der Waals surface area contributed by atoms with Gasteiger partial charge in [0.2, 0.25) is 0 Å². The van der Waals surface area contributed by atoms with E-state index in [9.17, 15) is 9.18 Å². The Bertz CT molecular complexity index is 1210. The molecular formula is C23H20BrFN6O. The third-order valence-corrected chi connectivity index (χ3v) is 5.13. The molecular weight excluding hydrogens is 475 g/mol. The zero-order valence-electron chi connectivity index (χ0n) is 17.0. The van der Waals surface area contributed by atoms with Crippen LogP contribution in [0.1, 0.15) is 21.6 Å². The summed E-state index contributed by atoms with van der Waals surface area (Å²) in [5.41, 5.74) is 6.80. The highest BCUT2D eigenvalue weighted by atomic mass is 79.9. The molecule has 2 N–H and O–H groups in total. The number of benzene rings is 1. The molecule has 3 heterocycles. The van der Waals surface area contributed by atoms with E-state index >= 15 is 0 Å². The first-order valence-electron chi connectivity index (χ1n) is 9.96. The Morgan fingerprint density at radius 2 is 1.97 bits per heavy atom. The van der Waals surface area contributed by atoms with Crippen molar-refractivity contribution in [3.05, 3.63) is 100 Å². The number of nitrogens with one attached hydrogen (secondary N) is 2. The number of rotatable bonds is 8. The lowest BCUT2D eigenvalue weighted by atomic mass is 10.1. The molecule has 0 spiro atoms. The molecule has 7 nitrogen and oxygen atoms in total. The molecule has 3 aromatic heterocycles. The maximum Gasteiger partial charge on any atom is 0.253 e. The Kier molecular flexibility index (Phi) is 6.86. The van der Waals surface area contributed by atoms with Gasteiger partial charge in [-0.15, -0.1) is 0 Å². The Labute approximate surface area is 192 Å². The number of amides is 1. The van der Waals surface area contributed by atoms with Crippen molar-refractivity contribution in [2.75, 3.05) is 12.0 Å². The highest BCUT2D eigenvalue weighted by Crippen LogP contribution is 2.16. The van der Waals surface area contributed by atoms with Crippen LogP contribution in [-0.2, 0) is 13.0 Å². The van der Waals surface area contributed by atoms with E-state index in [1.807, 2.05) is 30.5 Å². The van der Waals surface area contributed by atoms with Crippen molar-refractivity contribution in [1.29, 1.82) is 0 Å². The number of hydrogen-bond acceptors (Lipinski definition) is 5. The van der Waals surface area contributed by atoms with E-state index in [1.165, 1.54) is 18.3 Å². The van der Waals surface area contributed by atoms with Gasteiger partial charge in [-0.25, -0.2) is 9.37 Å². The number of halogens is 2. The predicted octanol–water partition coefficient (Wildman–Crippen LogP) is 3.96. The van der Waals surface area contributed by atoms with Crippen LogP contribution >= 0.6 is 15.9 Å². The van der Waals surface area contributed by atoms with E-state index < -0.39 is 0 Å². The predicted molar refractivity (Wildman–Crippen MR) is 123 cm³/mol. The lowest BCUT2D eigenvalue weighted by molar-refractivity contribution is 0.0950. The van der Waals surface area contributed by atoms with E-state index in [2.05, 4.69) is 41.7 Å². The highest BCUT2D eigenvalue weighted by Gasteiger charge is 2.09. The van der Waals surface area contributed by atoms with Crippen molar-refractivity contribution < 1.29 is 9.18 Å². The molecule has 0 fully saturated rings. The van der Waals surface area contributed by atoms with Gasteiger partial charge in [-0.2, -0.15) is 9.89 Å². The summed E-state index contributed by atoms with van der Waals surface area (Å²) in [5.74, 6) is -0.461. The van der Waals surface area contributed by atoms with Crippen LogP contribution in [0.25, 0.3) is 11.3 Å². The van der Waals surface area contributed by atoms with Crippen molar-refractivity contribution in [3.63, 3.8) is 0 Å². The number of carbonyl (C=O) groups is 1. The molecule has 1 amide bonds. The van der Waals surface area contributed by atoms with Gasteiger partial charge in [0.1, 0.15) is 10.4 Å². The summed E-state index contributed by atoms with van der Waals surface area (Å²) in [4.78, 5) is 22.6. The molecule has 162 valence electrons. The van der Waals surface area contributed by atoms with Gasteiger partial charge in [0.05, 0.1) is 35.9 Å². The van der Waals surface area contributed by atoms with E-state index in [0.717, 1.165) is 21.4 Å². The first-order chi connectivity index (χ1) is 15.6. The Morgan fingerprint density at radius 1 is 1.09 bits per heavy atom. The van der Waals surface area contributed by atoms with Crippen molar-refractivity contribution >= 4 is 21.8 Å². The Morgan fingerprint density at radius 3 is 2.75 bits per heavy atom. The smallest absolute Gasteiger partial charge is 0.253 e. The fourth-order valence-electron chi connectivity index (χ4n) is 3.07. The summed E-state index contributed by atoms with van der Waals surface area (Å²) in [7, 11) is 0. The SMILES string of the molecule is O=C(NCc1cccc(Br)n1)c1ccc(-c2cnn(NCCc3cccc(F)c3)c2)nc1. The van der Waals surface area contributed by atoms with Crippen LogP contribution in [0.2, 0.25) is 0 Å². The van der Waals surface area contributed by atoms with E-state index in [0.29, 0.717) is 30.8 Å². The highest BCUT2D eigenvalue weighted by molar-refractivity contribution is 9.10. The van der Waals surface area contributed by atoms with Crippen molar-refractivity contribution in [3.8, 4) is 11.3 Å². The van der Waals surface area contributed by atoms with Crippen LogP contribution in [-0.4, -0.2) is 32.3 Å². The molecule has 1 aromatic carbocycles. The minimum atomic E-state index is -0.239. The maximum atomic E-state index is 13.2. The second kappa shape index (κ2) is 10.1. The van der Waals surface area contributed by atoms with E-state index in [-0.39, 0.29) is 11.7 Å². The summed E-state index contributed by atoms with van der Waals surface area (Å²) in [5, 5.41) is 7.10. The molecule has 4 aromatic rings. The molecule has 0 aliphatic rings. The first-order valence-corrected chi connectivity index (χ1v) is 10.8. The zero-order chi connectivity index (χ0) is 22.3. The standard InChI is InChI=1S/C23H20BrFN6O/c24-22-6-2-5-20(30-22)14-27-23(32)17-7-8-21(26-12-17)18-13-29-31(15-18)28-10-9-16-3-1-4-19(25)11-16/h1-8,11-13,15,28H,9-10,14H2,(H,27,32). The fraction of sp³-hybridized carbons (Fsp3) is 0.130. The number of pyridine rings is 2. The molecule has 9 heteroatoms. The Hall–Kier alpha value is -3.59. The van der Waals surface area contributed by atoms with E-state index in [4.69, 9.17) is 0 Å². The van der Waals surface area contributed by atoms with Crippen LogP contribution in [0.4, 0.5) is 4.39 Å². The van der Waals surface area contributed by atoms with Gasteiger partial charge in [-0.1, -0.05) is 18.2 Å². The quantitative estimate of drug-likeness (QED) is 0.362. The third-order valence-electron chi connectivity index (χ3n) is 4.68. The average molecular weight is 495 g/mol. The van der Waals surface area contributed by atoms with E-state index in [1.54, 1.807) is 29.2 Å². The summed E-state index contributed by atoms with van der Waals surface area (Å²) in [6.45, 7) is 0.929. The molecule has 0 saturated carbocycles. The van der Waals surface area contributed by atoms with Crippen LogP contribution in [0.15, 0.2) is 77.8 Å². The Balaban J connectivity index is 1.31. The molecule has 0 radical (unpaired) electrons. The number of aromatic nitrogens is 4. The van der Waals surface area contributed by atoms with Gasteiger partial charge < -0.3 is 10.7 Å². The third kappa shape index (κ3) is 5.76. The topological polar surface area (TPSA) is 84.7 Å². The van der Waals surface area contributed by atoms with Gasteiger partial charge in [0, 0.05) is 18.3 Å².